The Bertz CT molecular complexity index is 461. The lowest BCUT2D eigenvalue weighted by atomic mass is 10.4. The standard InChI is InChI=1S/C10H12N4O2/c1-16-9(15)5-6-11-10-12-8-4-2-3-7-14(8)13-10/h2-4,7H,5-6H2,1H3,(H,11,13). The molecule has 6 nitrogen and oxygen atoms in total. The summed E-state index contributed by atoms with van der Waals surface area (Å²) in [4.78, 5) is 15.1. The fourth-order valence-electron chi connectivity index (χ4n) is 1.28. The second-order valence-corrected chi connectivity index (χ2v) is 3.19. The predicted molar refractivity (Wildman–Crippen MR) is 58.1 cm³/mol. The number of methoxy groups -OCH3 is 1. The largest absolute Gasteiger partial charge is 0.469 e. The van der Waals surface area contributed by atoms with E-state index in [4.69, 9.17) is 0 Å². The number of rotatable bonds is 4. The third-order valence-electron chi connectivity index (χ3n) is 2.08. The van der Waals surface area contributed by atoms with Crippen LogP contribution in [0.5, 0.6) is 0 Å². The molecule has 0 atom stereocenters. The number of hydrogen-bond donors (Lipinski definition) is 1. The third kappa shape index (κ3) is 2.28. The number of hydrogen-bond acceptors (Lipinski definition) is 5. The first kappa shape index (κ1) is 10.4. The average Bonchev–Trinajstić information content (AvgIpc) is 2.71. The molecule has 0 aliphatic heterocycles. The van der Waals surface area contributed by atoms with Gasteiger partial charge in [-0.2, -0.15) is 4.98 Å². The Morgan fingerprint density at radius 2 is 2.44 bits per heavy atom. The highest BCUT2D eigenvalue weighted by atomic mass is 16.5. The van der Waals surface area contributed by atoms with Crippen LogP contribution in [0.3, 0.4) is 0 Å². The molecule has 16 heavy (non-hydrogen) atoms. The monoisotopic (exact) mass is 220 g/mol. The number of carbonyl (C=O) groups is 1. The molecule has 0 radical (unpaired) electrons. The highest BCUT2D eigenvalue weighted by Crippen LogP contribution is 2.04. The molecule has 0 spiro atoms. The van der Waals surface area contributed by atoms with Gasteiger partial charge >= 0.3 is 5.97 Å². The summed E-state index contributed by atoms with van der Waals surface area (Å²) in [6.07, 6.45) is 2.11. The molecule has 1 N–H and O–H groups in total. The molecule has 0 bridgehead atoms. The van der Waals surface area contributed by atoms with E-state index in [2.05, 4.69) is 20.1 Å². The first-order valence-electron chi connectivity index (χ1n) is 4.91. The zero-order valence-corrected chi connectivity index (χ0v) is 8.88. The minimum atomic E-state index is -0.253. The Hall–Kier alpha value is -2.11. The number of anilines is 1. The quantitative estimate of drug-likeness (QED) is 0.768. The minimum Gasteiger partial charge on any atom is -0.469 e. The minimum absolute atomic E-state index is 0.253. The maximum atomic E-state index is 10.9. The zero-order chi connectivity index (χ0) is 11.4. The average molecular weight is 220 g/mol. The van der Waals surface area contributed by atoms with Crippen LogP contribution in [0.4, 0.5) is 5.95 Å². The van der Waals surface area contributed by atoms with Crippen LogP contribution in [0.2, 0.25) is 0 Å². The van der Waals surface area contributed by atoms with Crippen LogP contribution in [0, 0.1) is 0 Å². The van der Waals surface area contributed by atoms with Crippen molar-refractivity contribution in [3.05, 3.63) is 24.4 Å². The lowest BCUT2D eigenvalue weighted by molar-refractivity contribution is -0.140. The molecule has 0 aliphatic rings. The number of nitrogens with zero attached hydrogens (tertiary/aromatic N) is 3. The fraction of sp³-hybridized carbons (Fsp3) is 0.300. The van der Waals surface area contributed by atoms with Crippen LogP contribution in [0.1, 0.15) is 6.42 Å². The van der Waals surface area contributed by atoms with Crippen molar-refractivity contribution in [2.75, 3.05) is 19.0 Å². The van der Waals surface area contributed by atoms with Crippen molar-refractivity contribution in [1.82, 2.24) is 14.6 Å². The topological polar surface area (TPSA) is 68.5 Å². The molecule has 0 aliphatic carbocycles. The molecule has 2 rings (SSSR count). The van der Waals surface area contributed by atoms with E-state index in [0.717, 1.165) is 5.65 Å². The van der Waals surface area contributed by atoms with Crippen LogP contribution < -0.4 is 5.32 Å². The van der Waals surface area contributed by atoms with Gasteiger partial charge < -0.3 is 10.1 Å². The van der Waals surface area contributed by atoms with E-state index in [-0.39, 0.29) is 5.97 Å². The highest BCUT2D eigenvalue weighted by molar-refractivity contribution is 5.69. The van der Waals surface area contributed by atoms with Gasteiger partial charge in [-0.05, 0) is 12.1 Å². The van der Waals surface area contributed by atoms with Crippen molar-refractivity contribution in [2.45, 2.75) is 6.42 Å². The predicted octanol–water partition coefficient (Wildman–Crippen LogP) is 0.704. The Balaban J connectivity index is 1.97. The normalized spacial score (nSPS) is 10.3. The number of fused-ring (bicyclic) bond motifs is 1. The van der Waals surface area contributed by atoms with Crippen LogP contribution in [0.15, 0.2) is 24.4 Å². The summed E-state index contributed by atoms with van der Waals surface area (Å²) in [6, 6.07) is 5.63. The van der Waals surface area contributed by atoms with Gasteiger partial charge in [0.25, 0.3) is 0 Å². The first-order chi connectivity index (χ1) is 7.79. The molecule has 6 heteroatoms. The summed E-state index contributed by atoms with van der Waals surface area (Å²) in [5.41, 5.74) is 0.767. The van der Waals surface area contributed by atoms with Gasteiger partial charge in [-0.25, -0.2) is 4.52 Å². The highest BCUT2D eigenvalue weighted by Gasteiger charge is 2.03. The van der Waals surface area contributed by atoms with Gasteiger partial charge in [0.2, 0.25) is 5.95 Å². The fourth-order valence-corrected chi connectivity index (χ4v) is 1.28. The van der Waals surface area contributed by atoms with Crippen molar-refractivity contribution in [3.63, 3.8) is 0 Å². The van der Waals surface area contributed by atoms with Crippen molar-refractivity contribution < 1.29 is 9.53 Å². The zero-order valence-electron chi connectivity index (χ0n) is 8.88. The number of aromatic nitrogens is 3. The number of pyridine rings is 1. The van der Waals surface area contributed by atoms with Crippen molar-refractivity contribution in [3.8, 4) is 0 Å². The lowest BCUT2D eigenvalue weighted by Crippen LogP contribution is -2.10. The van der Waals surface area contributed by atoms with Crippen LogP contribution in [0.25, 0.3) is 5.65 Å². The molecule has 2 aromatic heterocycles. The van der Waals surface area contributed by atoms with Crippen LogP contribution in [-0.4, -0.2) is 34.2 Å². The van der Waals surface area contributed by atoms with Crippen molar-refractivity contribution >= 4 is 17.6 Å². The van der Waals surface area contributed by atoms with Gasteiger partial charge in [-0.3, -0.25) is 4.79 Å². The summed E-state index contributed by atoms with van der Waals surface area (Å²) in [5.74, 6) is 0.256. The molecule has 0 saturated heterocycles. The van der Waals surface area contributed by atoms with E-state index in [1.807, 2.05) is 24.4 Å². The van der Waals surface area contributed by atoms with Gasteiger partial charge in [0.1, 0.15) is 0 Å². The molecule has 2 heterocycles. The number of ether oxygens (including phenoxy) is 1. The lowest BCUT2D eigenvalue weighted by Gasteiger charge is -1.99. The summed E-state index contributed by atoms with van der Waals surface area (Å²) in [7, 11) is 1.37. The molecule has 0 amide bonds. The molecule has 2 aromatic rings. The summed E-state index contributed by atoms with van der Waals surface area (Å²) >= 11 is 0. The maximum Gasteiger partial charge on any atom is 0.307 e. The summed E-state index contributed by atoms with van der Waals surface area (Å²) in [6.45, 7) is 0.462. The second kappa shape index (κ2) is 4.61. The van der Waals surface area contributed by atoms with Gasteiger partial charge in [-0.1, -0.05) is 6.07 Å². The first-order valence-corrected chi connectivity index (χ1v) is 4.91. The van der Waals surface area contributed by atoms with E-state index in [1.54, 1.807) is 4.52 Å². The van der Waals surface area contributed by atoms with Crippen molar-refractivity contribution in [1.29, 1.82) is 0 Å². The van der Waals surface area contributed by atoms with Crippen molar-refractivity contribution in [2.24, 2.45) is 0 Å². The summed E-state index contributed by atoms with van der Waals surface area (Å²) < 4.78 is 6.19. The molecular weight excluding hydrogens is 208 g/mol. The van der Waals surface area contributed by atoms with Crippen LogP contribution in [-0.2, 0) is 9.53 Å². The summed E-state index contributed by atoms with van der Waals surface area (Å²) in [5, 5.41) is 7.13. The Kier molecular flexibility index (Phi) is 3.00. The van der Waals surface area contributed by atoms with Gasteiger partial charge in [0, 0.05) is 12.7 Å². The molecule has 84 valence electrons. The van der Waals surface area contributed by atoms with Crippen LogP contribution >= 0.6 is 0 Å². The second-order valence-electron chi connectivity index (χ2n) is 3.19. The van der Waals surface area contributed by atoms with E-state index in [0.29, 0.717) is 18.9 Å². The molecule has 0 fully saturated rings. The SMILES string of the molecule is COC(=O)CCNc1nc2ccccn2n1. The number of esters is 1. The van der Waals surface area contributed by atoms with Gasteiger partial charge in [0.15, 0.2) is 5.65 Å². The molecule has 0 aromatic carbocycles. The van der Waals surface area contributed by atoms with Gasteiger partial charge in [-0.15, -0.1) is 5.10 Å². The van der Waals surface area contributed by atoms with E-state index in [1.165, 1.54) is 7.11 Å². The third-order valence-corrected chi connectivity index (χ3v) is 2.08. The molecule has 0 saturated carbocycles. The number of carbonyl (C=O) groups excluding carboxylic acids is 1. The molecular formula is C10H12N4O2. The van der Waals surface area contributed by atoms with E-state index < -0.39 is 0 Å². The van der Waals surface area contributed by atoms with E-state index >= 15 is 0 Å². The molecule has 0 unspecified atom stereocenters. The van der Waals surface area contributed by atoms with E-state index in [9.17, 15) is 4.79 Å². The number of nitrogens with one attached hydrogen (secondary N) is 1. The smallest absolute Gasteiger partial charge is 0.307 e. The maximum absolute atomic E-state index is 10.9. The van der Waals surface area contributed by atoms with Gasteiger partial charge in [0.05, 0.1) is 13.5 Å². The Morgan fingerprint density at radius 1 is 1.56 bits per heavy atom. The Labute approximate surface area is 92.2 Å². The Morgan fingerprint density at radius 3 is 3.19 bits per heavy atom.